The smallest absolute Gasteiger partial charge is 0.272 e. The van der Waals surface area contributed by atoms with Gasteiger partial charge in [-0.25, -0.2) is 4.98 Å². The van der Waals surface area contributed by atoms with Crippen LogP contribution in [-0.4, -0.2) is 38.3 Å². The largest absolute Gasteiger partial charge is 0.337 e. The minimum absolute atomic E-state index is 0.0282. The van der Waals surface area contributed by atoms with Gasteiger partial charge in [-0.3, -0.25) is 14.2 Å². The van der Waals surface area contributed by atoms with Gasteiger partial charge < -0.3 is 4.90 Å². The molecule has 0 unspecified atom stereocenters. The number of fused-ring (bicyclic) bond motifs is 1. The lowest BCUT2D eigenvalue weighted by Gasteiger charge is -2.21. The van der Waals surface area contributed by atoms with Crippen molar-refractivity contribution in [1.82, 2.24) is 19.3 Å². The van der Waals surface area contributed by atoms with Crippen LogP contribution < -0.4 is 0 Å². The second-order valence-corrected chi connectivity index (χ2v) is 5.97. The number of carbonyl (C=O) groups excluding carboxylic acids is 1. The lowest BCUT2D eigenvalue weighted by molar-refractivity contribution is 0.0758. The number of carbonyl (C=O) groups is 1. The summed E-state index contributed by atoms with van der Waals surface area (Å²) < 4.78 is 1.89. The van der Waals surface area contributed by atoms with Crippen LogP contribution in [0.2, 0.25) is 0 Å². The monoisotopic (exact) mass is 322 g/mol. The van der Waals surface area contributed by atoms with Gasteiger partial charge in [0.05, 0.1) is 5.69 Å². The molecule has 3 rings (SSSR count). The molecule has 3 aromatic rings. The van der Waals surface area contributed by atoms with Gasteiger partial charge in [-0.1, -0.05) is 0 Å². The van der Waals surface area contributed by atoms with Crippen LogP contribution in [0.5, 0.6) is 0 Å². The number of likely N-dealkylation sites (N-methyl/N-ethyl adjacent to an activating group) is 1. The molecule has 0 aliphatic rings. The number of amides is 1. The highest BCUT2D eigenvalue weighted by atomic mass is 16.2. The lowest BCUT2D eigenvalue weighted by Crippen LogP contribution is -2.34. The predicted octanol–water partition coefficient (Wildman–Crippen LogP) is 3.05. The topological polar surface area (TPSA) is 50.5 Å². The summed E-state index contributed by atoms with van der Waals surface area (Å²) in [5.41, 5.74) is 4.56. The lowest BCUT2D eigenvalue weighted by atomic mass is 10.2. The van der Waals surface area contributed by atoms with E-state index in [0.29, 0.717) is 18.8 Å². The molecule has 124 valence electrons. The van der Waals surface area contributed by atoms with E-state index in [0.717, 1.165) is 23.3 Å². The first-order valence-corrected chi connectivity index (χ1v) is 8.23. The van der Waals surface area contributed by atoms with Gasteiger partial charge in [-0.05, 0) is 62.6 Å². The summed E-state index contributed by atoms with van der Waals surface area (Å²) in [6.07, 6.45) is 6.31. The quantitative estimate of drug-likeness (QED) is 0.725. The Hall–Kier alpha value is -2.69. The molecule has 0 fully saturated rings. The Bertz CT molecular complexity index is 854. The fraction of sp³-hybridized carbons (Fsp3) is 0.316. The van der Waals surface area contributed by atoms with Gasteiger partial charge in [-0.15, -0.1) is 0 Å². The maximum absolute atomic E-state index is 13.0. The van der Waals surface area contributed by atoms with Gasteiger partial charge in [0.15, 0.2) is 0 Å². The molecule has 0 spiro atoms. The van der Waals surface area contributed by atoms with Crippen molar-refractivity contribution in [2.24, 2.45) is 0 Å². The van der Waals surface area contributed by atoms with Crippen LogP contribution in [0, 0.1) is 13.8 Å². The van der Waals surface area contributed by atoms with Gasteiger partial charge in [-0.2, -0.15) is 0 Å². The summed E-state index contributed by atoms with van der Waals surface area (Å²) in [7, 11) is 0. The highest BCUT2D eigenvalue weighted by Gasteiger charge is 2.21. The number of imidazole rings is 1. The van der Waals surface area contributed by atoms with E-state index >= 15 is 0 Å². The summed E-state index contributed by atoms with van der Waals surface area (Å²) in [6, 6.07) is 7.97. The average molecular weight is 322 g/mol. The average Bonchev–Trinajstić information content (AvgIpc) is 2.91. The highest BCUT2D eigenvalue weighted by Crippen LogP contribution is 2.16. The molecule has 0 radical (unpaired) electrons. The third-order valence-corrected chi connectivity index (χ3v) is 4.25. The number of aromatic nitrogens is 3. The number of pyridine rings is 2. The zero-order valence-corrected chi connectivity index (χ0v) is 14.4. The van der Waals surface area contributed by atoms with Crippen molar-refractivity contribution in [3.05, 3.63) is 65.4 Å². The summed E-state index contributed by atoms with van der Waals surface area (Å²) in [6.45, 7) is 7.28. The van der Waals surface area contributed by atoms with Crippen LogP contribution in [0.25, 0.3) is 5.65 Å². The van der Waals surface area contributed by atoms with E-state index < -0.39 is 0 Å². The molecule has 1 amide bonds. The van der Waals surface area contributed by atoms with Gasteiger partial charge >= 0.3 is 0 Å². The van der Waals surface area contributed by atoms with Crippen LogP contribution in [0.15, 0.2) is 42.9 Å². The Kier molecular flexibility index (Phi) is 4.60. The fourth-order valence-electron chi connectivity index (χ4n) is 2.89. The molecule has 0 saturated carbocycles. The van der Waals surface area contributed by atoms with Crippen LogP contribution in [-0.2, 0) is 6.42 Å². The van der Waals surface area contributed by atoms with Crippen molar-refractivity contribution in [2.75, 3.05) is 13.1 Å². The Labute approximate surface area is 142 Å². The molecule has 0 bridgehead atoms. The molecule has 0 atom stereocenters. The Morgan fingerprint density at radius 1 is 1.21 bits per heavy atom. The van der Waals surface area contributed by atoms with Gasteiger partial charge in [0.1, 0.15) is 11.3 Å². The molecule has 24 heavy (non-hydrogen) atoms. The fourth-order valence-corrected chi connectivity index (χ4v) is 2.89. The van der Waals surface area contributed by atoms with E-state index in [1.54, 1.807) is 12.4 Å². The highest BCUT2D eigenvalue weighted by molar-refractivity contribution is 5.94. The predicted molar refractivity (Wildman–Crippen MR) is 94.2 cm³/mol. The molecule has 0 aromatic carbocycles. The summed E-state index contributed by atoms with van der Waals surface area (Å²) in [5, 5.41) is 0. The van der Waals surface area contributed by atoms with Crippen molar-refractivity contribution in [3.63, 3.8) is 0 Å². The van der Waals surface area contributed by atoms with E-state index in [4.69, 9.17) is 0 Å². The zero-order chi connectivity index (χ0) is 17.1. The van der Waals surface area contributed by atoms with Crippen LogP contribution in [0.1, 0.15) is 34.2 Å². The zero-order valence-electron chi connectivity index (χ0n) is 14.4. The van der Waals surface area contributed by atoms with Crippen LogP contribution >= 0.6 is 0 Å². The van der Waals surface area contributed by atoms with Crippen molar-refractivity contribution in [3.8, 4) is 0 Å². The van der Waals surface area contributed by atoms with Crippen molar-refractivity contribution >= 4 is 11.6 Å². The second-order valence-electron chi connectivity index (χ2n) is 5.97. The molecule has 0 saturated heterocycles. The third kappa shape index (κ3) is 3.15. The SMILES string of the molecule is CCN(CCc1ccncc1)C(=O)c1c(C)nc2cc(C)ccn12. The number of aryl methyl sites for hydroxylation is 2. The van der Waals surface area contributed by atoms with E-state index in [2.05, 4.69) is 9.97 Å². The second kappa shape index (κ2) is 6.83. The normalized spacial score (nSPS) is 11.0. The number of hydrogen-bond acceptors (Lipinski definition) is 3. The first-order chi connectivity index (χ1) is 11.6. The Morgan fingerprint density at radius 2 is 1.96 bits per heavy atom. The van der Waals surface area contributed by atoms with Crippen LogP contribution in [0.4, 0.5) is 0 Å². The molecular weight excluding hydrogens is 300 g/mol. The van der Waals surface area contributed by atoms with Gasteiger partial charge in [0.25, 0.3) is 5.91 Å². The van der Waals surface area contributed by atoms with E-state index in [1.807, 2.05) is 60.5 Å². The van der Waals surface area contributed by atoms with E-state index in [1.165, 1.54) is 5.56 Å². The molecule has 0 N–H and O–H groups in total. The molecule has 3 heterocycles. The maximum Gasteiger partial charge on any atom is 0.272 e. The van der Waals surface area contributed by atoms with Crippen molar-refractivity contribution < 1.29 is 4.79 Å². The van der Waals surface area contributed by atoms with Gasteiger partial charge in [0, 0.05) is 31.7 Å². The van der Waals surface area contributed by atoms with Crippen molar-refractivity contribution in [2.45, 2.75) is 27.2 Å². The Balaban J connectivity index is 1.85. The minimum atomic E-state index is 0.0282. The molecule has 5 heteroatoms. The molecule has 0 aliphatic carbocycles. The number of nitrogens with zero attached hydrogens (tertiary/aromatic N) is 4. The summed E-state index contributed by atoms with van der Waals surface area (Å²) in [5.74, 6) is 0.0282. The number of hydrogen-bond donors (Lipinski definition) is 0. The minimum Gasteiger partial charge on any atom is -0.337 e. The van der Waals surface area contributed by atoms with Gasteiger partial charge in [0.2, 0.25) is 0 Å². The first kappa shape index (κ1) is 16.2. The standard InChI is InChI=1S/C19H22N4O/c1-4-22(11-8-16-5-9-20-10-6-16)19(24)18-15(3)21-17-13-14(2)7-12-23(17)18/h5-7,9-10,12-13H,4,8,11H2,1-3H3. The summed E-state index contributed by atoms with van der Waals surface area (Å²) >= 11 is 0. The maximum atomic E-state index is 13.0. The summed E-state index contributed by atoms with van der Waals surface area (Å²) in [4.78, 5) is 23.5. The molecule has 0 aliphatic heterocycles. The Morgan fingerprint density at radius 3 is 2.67 bits per heavy atom. The molecule has 3 aromatic heterocycles. The van der Waals surface area contributed by atoms with Crippen molar-refractivity contribution in [1.29, 1.82) is 0 Å². The van der Waals surface area contributed by atoms with Crippen LogP contribution in [0.3, 0.4) is 0 Å². The van der Waals surface area contributed by atoms with E-state index in [-0.39, 0.29) is 5.91 Å². The molecular formula is C19H22N4O. The van der Waals surface area contributed by atoms with E-state index in [9.17, 15) is 4.79 Å². The number of rotatable bonds is 5. The molecule has 5 nitrogen and oxygen atoms in total. The first-order valence-electron chi connectivity index (χ1n) is 8.23. The third-order valence-electron chi connectivity index (χ3n) is 4.25.